The van der Waals surface area contributed by atoms with Gasteiger partial charge in [-0.2, -0.15) is 0 Å². The van der Waals surface area contributed by atoms with Gasteiger partial charge in [-0.3, -0.25) is 0 Å². The van der Waals surface area contributed by atoms with E-state index in [4.69, 9.17) is 0 Å². The Balaban J connectivity index is 1.30. The van der Waals surface area contributed by atoms with Gasteiger partial charge in [0.25, 0.3) is 0 Å². The molecule has 0 fully saturated rings. The lowest BCUT2D eigenvalue weighted by molar-refractivity contribution is 0.824. The van der Waals surface area contributed by atoms with Crippen LogP contribution in [0.25, 0.3) is 43.1 Å². The van der Waals surface area contributed by atoms with E-state index >= 15 is 0 Å². The Kier molecular flexibility index (Phi) is 5.33. The molecule has 1 atom stereocenters. The number of allylic oxidation sites excluding steroid dienone is 3. The summed E-state index contributed by atoms with van der Waals surface area (Å²) < 4.78 is 0. The molecule has 0 radical (unpaired) electrons. The average Bonchev–Trinajstić information content (AvgIpc) is 3.42. The van der Waals surface area contributed by atoms with Crippen molar-refractivity contribution in [1.82, 2.24) is 0 Å². The second-order valence-corrected chi connectivity index (χ2v) is 12.4. The van der Waals surface area contributed by atoms with Crippen molar-refractivity contribution in [3.05, 3.63) is 162 Å². The standard InChI is InChI=1S/C40H27NS/c1-2-13-30(14-3-1)41(37-19-9-17-34-35-24-28-11-4-5-12-29(28)25-38(35)42-40(34)37)36-18-8-16-33-32(36)23-22-27-21-20-26-10-6-7-15-31(26)39(27)33/h1-16,18-25,34H,17H2. The third kappa shape index (κ3) is 3.59. The van der Waals surface area contributed by atoms with Crippen molar-refractivity contribution in [3.8, 4) is 0 Å². The molecule has 0 saturated carbocycles. The molecule has 0 amide bonds. The van der Waals surface area contributed by atoms with Crippen molar-refractivity contribution >= 4 is 66.2 Å². The van der Waals surface area contributed by atoms with Crippen molar-refractivity contribution in [2.75, 3.05) is 4.90 Å². The Hall–Kier alpha value is -4.79. The quantitative estimate of drug-likeness (QED) is 0.200. The van der Waals surface area contributed by atoms with Gasteiger partial charge in [0, 0.05) is 26.8 Å². The SMILES string of the molecule is C1=CC(N(c2ccccc2)c2cccc3c2ccc2ccc4ccccc4c23)=C2Sc3cc4ccccc4cc3C2C1. The van der Waals surface area contributed by atoms with Crippen LogP contribution in [-0.2, 0) is 0 Å². The first-order valence-corrected chi connectivity index (χ1v) is 15.4. The molecule has 1 nitrogen and oxygen atoms in total. The van der Waals surface area contributed by atoms with Crippen LogP contribution < -0.4 is 4.90 Å². The van der Waals surface area contributed by atoms with E-state index in [0.29, 0.717) is 5.92 Å². The largest absolute Gasteiger partial charge is 0.309 e. The second kappa shape index (κ2) is 9.37. The molecule has 0 spiro atoms. The van der Waals surface area contributed by atoms with Crippen molar-refractivity contribution in [3.63, 3.8) is 0 Å². The van der Waals surface area contributed by atoms with Crippen LogP contribution in [0.5, 0.6) is 0 Å². The van der Waals surface area contributed by atoms with Crippen molar-refractivity contribution in [1.29, 1.82) is 0 Å². The molecule has 7 aromatic carbocycles. The first-order chi connectivity index (χ1) is 20.8. The van der Waals surface area contributed by atoms with Crippen LogP contribution in [0.4, 0.5) is 11.4 Å². The van der Waals surface area contributed by atoms with E-state index in [9.17, 15) is 0 Å². The van der Waals surface area contributed by atoms with Crippen LogP contribution >= 0.6 is 11.8 Å². The van der Waals surface area contributed by atoms with Gasteiger partial charge >= 0.3 is 0 Å². The number of rotatable bonds is 3. The fraction of sp³-hybridized carbons (Fsp3) is 0.0500. The molecule has 2 heteroatoms. The van der Waals surface area contributed by atoms with Gasteiger partial charge in [0.15, 0.2) is 0 Å². The molecule has 0 N–H and O–H groups in total. The summed E-state index contributed by atoms with van der Waals surface area (Å²) in [7, 11) is 0. The topological polar surface area (TPSA) is 3.24 Å². The Labute approximate surface area is 249 Å². The van der Waals surface area contributed by atoms with Crippen LogP contribution in [0, 0.1) is 0 Å². The Morgan fingerprint density at radius 1 is 0.571 bits per heavy atom. The lowest BCUT2D eigenvalue weighted by atomic mass is 9.89. The minimum atomic E-state index is 0.376. The van der Waals surface area contributed by atoms with Crippen molar-refractivity contribution < 1.29 is 0 Å². The zero-order chi connectivity index (χ0) is 27.6. The molecular formula is C40H27NS. The monoisotopic (exact) mass is 553 g/mol. The predicted molar refractivity (Wildman–Crippen MR) is 181 cm³/mol. The highest BCUT2D eigenvalue weighted by molar-refractivity contribution is 8.03. The normalized spacial score (nSPS) is 16.0. The number of fused-ring (bicyclic) bond motifs is 9. The van der Waals surface area contributed by atoms with Gasteiger partial charge < -0.3 is 4.90 Å². The van der Waals surface area contributed by atoms with E-state index in [2.05, 4.69) is 151 Å². The number of hydrogen-bond acceptors (Lipinski definition) is 2. The summed E-state index contributed by atoms with van der Waals surface area (Å²) in [5.74, 6) is 0.376. The first-order valence-electron chi connectivity index (χ1n) is 14.6. The summed E-state index contributed by atoms with van der Waals surface area (Å²) in [5, 5.41) is 10.4. The van der Waals surface area contributed by atoms with Crippen LogP contribution in [0.1, 0.15) is 17.9 Å². The Bertz CT molecular complexity index is 2260. The van der Waals surface area contributed by atoms with Gasteiger partial charge in [0.05, 0.1) is 11.4 Å². The maximum Gasteiger partial charge on any atom is 0.0563 e. The predicted octanol–water partition coefficient (Wildman–Crippen LogP) is 11.5. The van der Waals surface area contributed by atoms with E-state index in [1.54, 1.807) is 0 Å². The molecule has 2 aliphatic rings. The van der Waals surface area contributed by atoms with E-state index in [1.165, 1.54) is 75.5 Å². The second-order valence-electron chi connectivity index (χ2n) is 11.3. The first kappa shape index (κ1) is 23.9. The zero-order valence-electron chi connectivity index (χ0n) is 23.0. The van der Waals surface area contributed by atoms with E-state index in [-0.39, 0.29) is 0 Å². The van der Waals surface area contributed by atoms with Gasteiger partial charge in [-0.1, -0.05) is 121 Å². The Morgan fingerprint density at radius 3 is 2.17 bits per heavy atom. The van der Waals surface area contributed by atoms with Gasteiger partial charge in [0.1, 0.15) is 0 Å². The van der Waals surface area contributed by atoms with E-state index < -0.39 is 0 Å². The summed E-state index contributed by atoms with van der Waals surface area (Å²) in [5.41, 5.74) is 5.12. The molecule has 1 aliphatic carbocycles. The van der Waals surface area contributed by atoms with Gasteiger partial charge in [0.2, 0.25) is 0 Å². The number of nitrogens with zero attached hydrogens (tertiary/aromatic N) is 1. The molecule has 0 saturated heterocycles. The lowest BCUT2D eigenvalue weighted by Crippen LogP contribution is -2.19. The zero-order valence-corrected chi connectivity index (χ0v) is 23.8. The highest BCUT2D eigenvalue weighted by Gasteiger charge is 2.34. The van der Waals surface area contributed by atoms with Gasteiger partial charge in [-0.05, 0) is 86.1 Å². The van der Waals surface area contributed by atoms with Crippen LogP contribution in [-0.4, -0.2) is 0 Å². The molecule has 0 aromatic heterocycles. The minimum Gasteiger partial charge on any atom is -0.309 e. The summed E-state index contributed by atoms with van der Waals surface area (Å²) >= 11 is 1.96. The fourth-order valence-corrected chi connectivity index (χ4v) is 8.37. The number of hydrogen-bond donors (Lipinski definition) is 0. The molecule has 0 bridgehead atoms. The van der Waals surface area contributed by atoms with Crippen LogP contribution in [0.3, 0.4) is 0 Å². The highest BCUT2D eigenvalue weighted by atomic mass is 32.2. The number of para-hydroxylation sites is 1. The maximum absolute atomic E-state index is 2.50. The van der Waals surface area contributed by atoms with Gasteiger partial charge in [-0.25, -0.2) is 0 Å². The summed E-state index contributed by atoms with van der Waals surface area (Å²) in [4.78, 5) is 5.32. The third-order valence-electron chi connectivity index (χ3n) is 8.93. The summed E-state index contributed by atoms with van der Waals surface area (Å²) in [6.07, 6.45) is 5.76. The molecule has 1 unspecified atom stereocenters. The third-order valence-corrected chi connectivity index (χ3v) is 10.2. The molecular weight excluding hydrogens is 527 g/mol. The maximum atomic E-state index is 2.50. The molecule has 9 rings (SSSR count). The minimum absolute atomic E-state index is 0.376. The van der Waals surface area contributed by atoms with Crippen molar-refractivity contribution in [2.24, 2.45) is 0 Å². The van der Waals surface area contributed by atoms with Crippen molar-refractivity contribution in [2.45, 2.75) is 17.2 Å². The highest BCUT2D eigenvalue weighted by Crippen LogP contribution is 2.56. The van der Waals surface area contributed by atoms with E-state index in [1.807, 2.05) is 11.8 Å². The molecule has 198 valence electrons. The molecule has 1 heterocycles. The van der Waals surface area contributed by atoms with Crippen LogP contribution in [0.2, 0.25) is 0 Å². The number of anilines is 2. The van der Waals surface area contributed by atoms with E-state index in [0.717, 1.165) is 6.42 Å². The van der Waals surface area contributed by atoms with Gasteiger partial charge in [-0.15, -0.1) is 0 Å². The summed E-state index contributed by atoms with van der Waals surface area (Å²) in [6, 6.07) is 49.1. The van der Waals surface area contributed by atoms with Crippen LogP contribution in [0.15, 0.2) is 161 Å². The number of thioether (sulfide) groups is 1. The molecule has 1 aliphatic heterocycles. The molecule has 42 heavy (non-hydrogen) atoms. The fourth-order valence-electron chi connectivity index (χ4n) is 7.00. The summed E-state index contributed by atoms with van der Waals surface area (Å²) in [6.45, 7) is 0. The lowest BCUT2D eigenvalue weighted by Gasteiger charge is -2.32. The number of benzene rings is 7. The Morgan fingerprint density at radius 2 is 1.29 bits per heavy atom. The average molecular weight is 554 g/mol. The molecule has 7 aromatic rings. The smallest absolute Gasteiger partial charge is 0.0563 e.